The summed E-state index contributed by atoms with van der Waals surface area (Å²) in [6.07, 6.45) is 6.76. The van der Waals surface area contributed by atoms with Gasteiger partial charge in [0.05, 0.1) is 5.69 Å². The second-order valence-corrected chi connectivity index (χ2v) is 5.87. The van der Waals surface area contributed by atoms with Crippen molar-refractivity contribution in [3.05, 3.63) is 23.5 Å². The number of hydrogen-bond acceptors (Lipinski definition) is 4. The molecule has 4 nitrogen and oxygen atoms in total. The van der Waals surface area contributed by atoms with Crippen molar-refractivity contribution in [2.45, 2.75) is 32.4 Å². The van der Waals surface area contributed by atoms with Gasteiger partial charge in [0, 0.05) is 50.0 Å². The molecule has 0 saturated carbocycles. The van der Waals surface area contributed by atoms with Gasteiger partial charge in [-0.15, -0.1) is 11.3 Å². The number of thiazole rings is 1. The minimum Gasteiger partial charge on any atom is -0.311 e. The van der Waals surface area contributed by atoms with Gasteiger partial charge in [0.2, 0.25) is 0 Å². The lowest BCUT2D eigenvalue weighted by atomic mass is 10.1. The Kier molecular flexibility index (Phi) is 3.63. The summed E-state index contributed by atoms with van der Waals surface area (Å²) < 4.78 is 2.12. The zero-order valence-electron chi connectivity index (χ0n) is 10.8. The van der Waals surface area contributed by atoms with Gasteiger partial charge in [0.15, 0.2) is 4.96 Å². The molecule has 1 unspecified atom stereocenters. The van der Waals surface area contributed by atoms with Crippen molar-refractivity contribution in [1.82, 2.24) is 19.6 Å². The molecular formula is C13H20N4S. The zero-order valence-corrected chi connectivity index (χ0v) is 11.6. The molecule has 0 amide bonds. The van der Waals surface area contributed by atoms with E-state index in [4.69, 9.17) is 0 Å². The summed E-state index contributed by atoms with van der Waals surface area (Å²) in [6.45, 7) is 6.62. The molecule has 0 aliphatic carbocycles. The minimum absolute atomic E-state index is 0.660. The lowest BCUT2D eigenvalue weighted by molar-refractivity contribution is 0.185. The minimum atomic E-state index is 0.660. The maximum Gasteiger partial charge on any atom is 0.193 e. The standard InChI is InChI=1S/C13H20N4S/c1-2-3-11-8-16(5-4-14-11)9-12-10-17-6-7-18-13(17)15-12/h6-7,10-11,14H,2-5,8-9H2,1H3. The molecular weight excluding hydrogens is 244 g/mol. The van der Waals surface area contributed by atoms with Gasteiger partial charge in [0.1, 0.15) is 0 Å². The number of imidazole rings is 1. The van der Waals surface area contributed by atoms with E-state index < -0.39 is 0 Å². The van der Waals surface area contributed by atoms with E-state index in [1.54, 1.807) is 11.3 Å². The van der Waals surface area contributed by atoms with Crippen LogP contribution in [-0.4, -0.2) is 40.0 Å². The Morgan fingerprint density at radius 2 is 2.50 bits per heavy atom. The number of nitrogens with zero attached hydrogens (tertiary/aromatic N) is 3. The Balaban J connectivity index is 1.63. The predicted octanol–water partition coefficient (Wildman–Crippen LogP) is 1.97. The zero-order chi connectivity index (χ0) is 12.4. The van der Waals surface area contributed by atoms with E-state index in [0.29, 0.717) is 6.04 Å². The Morgan fingerprint density at radius 1 is 1.56 bits per heavy atom. The van der Waals surface area contributed by atoms with Crippen molar-refractivity contribution in [3.63, 3.8) is 0 Å². The fourth-order valence-corrected chi connectivity index (χ4v) is 3.38. The van der Waals surface area contributed by atoms with Crippen molar-refractivity contribution >= 4 is 16.3 Å². The molecule has 0 radical (unpaired) electrons. The van der Waals surface area contributed by atoms with Gasteiger partial charge >= 0.3 is 0 Å². The quantitative estimate of drug-likeness (QED) is 0.916. The topological polar surface area (TPSA) is 32.6 Å². The van der Waals surface area contributed by atoms with Gasteiger partial charge in [0.25, 0.3) is 0 Å². The molecule has 1 atom stereocenters. The first-order chi connectivity index (χ1) is 8.85. The van der Waals surface area contributed by atoms with E-state index in [1.807, 2.05) is 0 Å². The second kappa shape index (κ2) is 5.38. The highest BCUT2D eigenvalue weighted by atomic mass is 32.1. The van der Waals surface area contributed by atoms with Crippen molar-refractivity contribution < 1.29 is 0 Å². The van der Waals surface area contributed by atoms with Gasteiger partial charge in [-0.2, -0.15) is 0 Å². The first-order valence-electron chi connectivity index (χ1n) is 6.72. The number of nitrogens with one attached hydrogen (secondary N) is 1. The van der Waals surface area contributed by atoms with Gasteiger partial charge in [-0.3, -0.25) is 9.30 Å². The van der Waals surface area contributed by atoms with Crippen LogP contribution in [0.4, 0.5) is 0 Å². The van der Waals surface area contributed by atoms with E-state index in [9.17, 15) is 0 Å². The predicted molar refractivity (Wildman–Crippen MR) is 75.0 cm³/mol. The van der Waals surface area contributed by atoms with Crippen LogP contribution in [0.15, 0.2) is 17.8 Å². The number of piperazine rings is 1. The monoisotopic (exact) mass is 264 g/mol. The third kappa shape index (κ3) is 2.58. The molecule has 0 spiro atoms. The van der Waals surface area contributed by atoms with Crippen LogP contribution in [0.2, 0.25) is 0 Å². The average molecular weight is 264 g/mol. The molecule has 2 aromatic rings. The van der Waals surface area contributed by atoms with Crippen LogP contribution in [0.25, 0.3) is 4.96 Å². The highest BCUT2D eigenvalue weighted by Crippen LogP contribution is 2.14. The molecule has 2 aromatic heterocycles. The van der Waals surface area contributed by atoms with Crippen molar-refractivity contribution in [3.8, 4) is 0 Å². The lowest BCUT2D eigenvalue weighted by Crippen LogP contribution is -2.50. The van der Waals surface area contributed by atoms with Gasteiger partial charge < -0.3 is 5.32 Å². The summed E-state index contributed by atoms with van der Waals surface area (Å²) in [5, 5.41) is 5.67. The lowest BCUT2D eigenvalue weighted by Gasteiger charge is -2.33. The molecule has 1 N–H and O–H groups in total. The molecule has 5 heteroatoms. The van der Waals surface area contributed by atoms with Gasteiger partial charge in [-0.1, -0.05) is 13.3 Å². The van der Waals surface area contributed by atoms with E-state index in [-0.39, 0.29) is 0 Å². The molecule has 3 heterocycles. The van der Waals surface area contributed by atoms with Gasteiger partial charge in [-0.05, 0) is 6.42 Å². The number of rotatable bonds is 4. The number of hydrogen-bond donors (Lipinski definition) is 1. The van der Waals surface area contributed by atoms with Crippen LogP contribution < -0.4 is 5.32 Å². The number of aromatic nitrogens is 2. The smallest absolute Gasteiger partial charge is 0.193 e. The summed E-state index contributed by atoms with van der Waals surface area (Å²) in [5.41, 5.74) is 1.19. The second-order valence-electron chi connectivity index (χ2n) is 5.00. The summed E-state index contributed by atoms with van der Waals surface area (Å²) in [5.74, 6) is 0. The first-order valence-corrected chi connectivity index (χ1v) is 7.60. The fourth-order valence-electron chi connectivity index (χ4n) is 2.66. The third-order valence-corrected chi connectivity index (χ3v) is 4.28. The molecule has 0 aromatic carbocycles. The Morgan fingerprint density at radius 3 is 3.33 bits per heavy atom. The SMILES string of the molecule is CCCC1CN(Cc2cn3ccsc3n2)CCN1. The van der Waals surface area contributed by atoms with Crippen LogP contribution >= 0.6 is 11.3 Å². The summed E-state index contributed by atoms with van der Waals surface area (Å²) >= 11 is 1.70. The highest BCUT2D eigenvalue weighted by molar-refractivity contribution is 7.15. The summed E-state index contributed by atoms with van der Waals surface area (Å²) in [4.78, 5) is 8.28. The Labute approximate surface area is 112 Å². The Bertz CT molecular complexity index is 473. The maximum absolute atomic E-state index is 4.66. The van der Waals surface area contributed by atoms with Crippen molar-refractivity contribution in [2.75, 3.05) is 19.6 Å². The van der Waals surface area contributed by atoms with Crippen LogP contribution in [-0.2, 0) is 6.54 Å². The van der Waals surface area contributed by atoms with Crippen LogP contribution in [0.1, 0.15) is 25.5 Å². The molecule has 18 heavy (non-hydrogen) atoms. The largest absolute Gasteiger partial charge is 0.311 e. The molecule has 98 valence electrons. The molecule has 1 fully saturated rings. The summed E-state index contributed by atoms with van der Waals surface area (Å²) in [6, 6.07) is 0.660. The molecule has 3 rings (SSSR count). The van der Waals surface area contributed by atoms with Crippen molar-refractivity contribution in [2.24, 2.45) is 0 Å². The number of fused-ring (bicyclic) bond motifs is 1. The van der Waals surface area contributed by atoms with E-state index in [0.717, 1.165) is 31.1 Å². The van der Waals surface area contributed by atoms with Gasteiger partial charge in [-0.25, -0.2) is 4.98 Å². The van der Waals surface area contributed by atoms with Crippen LogP contribution in [0, 0.1) is 0 Å². The molecule has 1 aliphatic rings. The van der Waals surface area contributed by atoms with Crippen LogP contribution in [0.5, 0.6) is 0 Å². The molecule has 0 bridgehead atoms. The Hall–Kier alpha value is -0.910. The molecule has 1 aliphatic heterocycles. The maximum atomic E-state index is 4.66. The van der Waals surface area contributed by atoms with E-state index in [1.165, 1.54) is 18.5 Å². The fraction of sp³-hybridized carbons (Fsp3) is 0.615. The third-order valence-electron chi connectivity index (χ3n) is 3.51. The molecule has 1 saturated heterocycles. The van der Waals surface area contributed by atoms with Crippen LogP contribution in [0.3, 0.4) is 0 Å². The van der Waals surface area contributed by atoms with E-state index >= 15 is 0 Å². The van der Waals surface area contributed by atoms with Crippen molar-refractivity contribution in [1.29, 1.82) is 0 Å². The highest BCUT2D eigenvalue weighted by Gasteiger charge is 2.19. The normalized spacial score (nSPS) is 21.7. The first kappa shape index (κ1) is 12.1. The average Bonchev–Trinajstić information content (AvgIpc) is 2.90. The van der Waals surface area contributed by atoms with E-state index in [2.05, 4.69) is 44.3 Å². The summed E-state index contributed by atoms with van der Waals surface area (Å²) in [7, 11) is 0.